The number of piperazine rings is 2. The third-order valence-corrected chi connectivity index (χ3v) is 11.1. The molecule has 2 atom stereocenters. The van der Waals surface area contributed by atoms with Gasteiger partial charge in [-0.25, -0.2) is 9.59 Å². The number of carbonyl (C=O) groups excluding carboxylic acids is 4. The fourth-order valence-electron chi connectivity index (χ4n) is 7.53. The van der Waals surface area contributed by atoms with Crippen LogP contribution in [0.2, 0.25) is 0 Å². The Morgan fingerprint density at radius 2 is 0.849 bits per heavy atom. The van der Waals surface area contributed by atoms with Crippen molar-refractivity contribution in [3.8, 4) is 0 Å². The number of hydrogen-bond donors (Lipinski definition) is 4. The Balaban J connectivity index is 0.000000702. The Hall–Kier alpha value is -6.25. The van der Waals surface area contributed by atoms with Crippen LogP contribution in [0.3, 0.4) is 0 Å². The molecular weight excluding hydrogens is 964 g/mol. The molecule has 2 fully saturated rings. The second-order valence-corrected chi connectivity index (χ2v) is 17.2. The van der Waals surface area contributed by atoms with E-state index in [-0.39, 0.29) is 118 Å². The number of anilines is 2. The summed E-state index contributed by atoms with van der Waals surface area (Å²) in [5.41, 5.74) is -2.79. The number of nitrogens with zero attached hydrogens (tertiary/aromatic N) is 8. The minimum absolute atomic E-state index is 0. The predicted octanol–water partition coefficient (Wildman–Crippen LogP) is -0.682. The van der Waals surface area contributed by atoms with Crippen molar-refractivity contribution in [2.24, 2.45) is 11.8 Å². The molecule has 2 aliphatic heterocycles. The van der Waals surface area contributed by atoms with Crippen molar-refractivity contribution in [2.75, 3.05) is 62.2 Å². The third-order valence-electron chi connectivity index (χ3n) is 11.1. The smallest absolute Gasteiger partial charge is 1.00 e. The number of carbonyl (C=O) groups is 6. The van der Waals surface area contributed by atoms with Gasteiger partial charge in [0.05, 0.1) is 22.3 Å². The van der Waals surface area contributed by atoms with Crippen molar-refractivity contribution in [3.05, 3.63) is 106 Å². The van der Waals surface area contributed by atoms with Crippen molar-refractivity contribution in [3.63, 3.8) is 0 Å². The SMILES string of the molecule is CC(C)CC(NC(=O)c1ccc(N2CCN(C(=O)c3ccccc3C(F)(F)F)CC2)nn1)C(=O)O.CC(C)CC(NC(=O)c1ccc(N2CCN(C(=O)c3ccccc3C(F)(F)F)CC2)nn1)C(=O)O.[H-].[Li+].[Li+].[OH-]. The maximum atomic E-state index is 13.3. The summed E-state index contributed by atoms with van der Waals surface area (Å²) in [4.78, 5) is 79.2. The Bertz CT molecular complexity index is 2330. The topological polar surface area (TPSA) is 261 Å². The largest absolute Gasteiger partial charge is 1.00 e. The molecule has 19 nitrogen and oxygen atoms in total. The van der Waals surface area contributed by atoms with Gasteiger partial charge in [0, 0.05) is 52.4 Å². The molecule has 4 amide bonds. The van der Waals surface area contributed by atoms with Crippen molar-refractivity contribution in [1.29, 1.82) is 0 Å². The minimum Gasteiger partial charge on any atom is -1.00 e. The first-order valence-electron chi connectivity index (χ1n) is 22.1. The van der Waals surface area contributed by atoms with Gasteiger partial charge in [-0.1, -0.05) is 52.0 Å². The van der Waals surface area contributed by atoms with Crippen LogP contribution in [0.5, 0.6) is 0 Å². The maximum Gasteiger partial charge on any atom is 1.00 e. The van der Waals surface area contributed by atoms with E-state index in [0.717, 1.165) is 12.1 Å². The maximum absolute atomic E-state index is 13.3. The summed E-state index contributed by atoms with van der Waals surface area (Å²) in [6.45, 7) is 9.39. The second kappa shape index (κ2) is 27.7. The van der Waals surface area contributed by atoms with Crippen LogP contribution in [-0.2, 0) is 21.9 Å². The van der Waals surface area contributed by atoms with Gasteiger partial charge in [0.1, 0.15) is 12.1 Å². The predicted molar refractivity (Wildman–Crippen MR) is 243 cm³/mol. The Kier molecular flexibility index (Phi) is 23.9. The van der Waals surface area contributed by atoms with Gasteiger partial charge in [-0.15, -0.1) is 20.4 Å². The number of rotatable bonds is 14. The molecule has 2 unspecified atom stereocenters. The minimum atomic E-state index is -4.63. The van der Waals surface area contributed by atoms with Crippen LogP contribution < -0.4 is 58.2 Å². The van der Waals surface area contributed by atoms with Crippen molar-refractivity contribution >= 4 is 47.2 Å². The molecule has 4 aromatic rings. The average Bonchev–Trinajstić information content (AvgIpc) is 3.32. The van der Waals surface area contributed by atoms with Gasteiger partial charge in [-0.2, -0.15) is 26.3 Å². The average molecular weight is 1020 g/mol. The number of carboxylic acids is 2. The molecule has 4 heterocycles. The van der Waals surface area contributed by atoms with E-state index < -0.39 is 71.1 Å². The van der Waals surface area contributed by atoms with Crippen molar-refractivity contribution in [1.82, 2.24) is 40.8 Å². The Labute approximate surface area is 441 Å². The summed E-state index contributed by atoms with van der Waals surface area (Å²) >= 11 is 0. The molecule has 6 rings (SSSR count). The molecule has 2 aromatic carbocycles. The van der Waals surface area contributed by atoms with Gasteiger partial charge in [0.25, 0.3) is 23.6 Å². The fourth-order valence-corrected chi connectivity index (χ4v) is 7.53. The van der Waals surface area contributed by atoms with Gasteiger partial charge >= 0.3 is 62.0 Å². The van der Waals surface area contributed by atoms with Crippen molar-refractivity contribution in [2.45, 2.75) is 65.0 Å². The number of aliphatic carboxylic acids is 2. The first-order chi connectivity index (χ1) is 32.9. The summed E-state index contributed by atoms with van der Waals surface area (Å²) in [6.07, 6.45) is -8.72. The van der Waals surface area contributed by atoms with E-state index in [1.54, 1.807) is 21.9 Å². The van der Waals surface area contributed by atoms with Crippen LogP contribution in [-0.4, -0.2) is 146 Å². The summed E-state index contributed by atoms with van der Waals surface area (Å²) in [7, 11) is 0. The van der Waals surface area contributed by atoms with Gasteiger partial charge in [0.2, 0.25) is 0 Å². The van der Waals surface area contributed by atoms with E-state index in [1.165, 1.54) is 58.3 Å². The molecular formula is C46H54F6Li2N10O9. The Morgan fingerprint density at radius 1 is 0.534 bits per heavy atom. The van der Waals surface area contributed by atoms with Gasteiger partial charge in [-0.3, -0.25) is 19.2 Å². The second-order valence-electron chi connectivity index (χ2n) is 17.2. The zero-order chi connectivity index (χ0) is 51.5. The molecule has 0 saturated carbocycles. The fraction of sp³-hybridized carbons (Fsp3) is 0.435. The molecule has 0 bridgehead atoms. The quantitative estimate of drug-likeness (QED) is 0.0901. The number of alkyl halides is 6. The van der Waals surface area contributed by atoms with Crippen LogP contribution in [0.4, 0.5) is 38.0 Å². The van der Waals surface area contributed by atoms with E-state index in [1.807, 2.05) is 27.7 Å². The normalized spacial score (nSPS) is 14.5. The van der Waals surface area contributed by atoms with Crippen molar-refractivity contribution < 1.29 is 110 Å². The van der Waals surface area contributed by atoms with Crippen LogP contribution >= 0.6 is 0 Å². The molecule has 0 radical (unpaired) electrons. The molecule has 73 heavy (non-hydrogen) atoms. The van der Waals surface area contributed by atoms with E-state index in [0.29, 0.717) is 37.8 Å². The number of aromatic nitrogens is 4. The van der Waals surface area contributed by atoms with E-state index in [4.69, 9.17) is 0 Å². The molecule has 0 spiro atoms. The van der Waals surface area contributed by atoms with E-state index >= 15 is 0 Å². The summed E-state index contributed by atoms with van der Waals surface area (Å²) < 4.78 is 79.6. The van der Waals surface area contributed by atoms with Gasteiger partial charge in [-0.05, 0) is 73.2 Å². The molecule has 2 saturated heterocycles. The van der Waals surface area contributed by atoms with Crippen LogP contribution in [0.1, 0.15) is 94.8 Å². The van der Waals surface area contributed by atoms with Crippen LogP contribution in [0, 0.1) is 11.8 Å². The molecule has 27 heteroatoms. The zero-order valence-electron chi connectivity index (χ0n) is 41.9. The molecule has 2 aromatic heterocycles. The monoisotopic (exact) mass is 1020 g/mol. The first kappa shape index (κ1) is 62.9. The van der Waals surface area contributed by atoms with E-state index in [9.17, 15) is 65.3 Å². The zero-order valence-corrected chi connectivity index (χ0v) is 40.9. The summed E-state index contributed by atoms with van der Waals surface area (Å²) in [6, 6.07) is 13.2. The molecule has 2 aliphatic rings. The number of carboxylic acid groups (broad SMARTS) is 2. The molecule has 386 valence electrons. The standard InChI is InChI=1S/2C23H26F3N5O4.2Li.H2O.H/c2*1-14(2)13-18(22(34)35)27-20(32)17-7-8-19(29-28-17)30-9-11-31(12-10-30)21(33)15-5-3-4-6-16(15)23(24,25)26;;;;/h2*3-8,14,18H,9-13H2,1-2H3,(H,27,32)(H,34,35);;;1H2;/q;;2*+1;;-1/p-1. The molecule has 0 aliphatic carbocycles. The number of hydrogen-bond acceptors (Lipinski definition) is 13. The number of amides is 4. The Morgan fingerprint density at radius 3 is 1.11 bits per heavy atom. The summed E-state index contributed by atoms with van der Waals surface area (Å²) in [5, 5.41) is 39.2. The van der Waals surface area contributed by atoms with Crippen LogP contribution in [0.25, 0.3) is 0 Å². The summed E-state index contributed by atoms with van der Waals surface area (Å²) in [5.74, 6) is -3.97. The van der Waals surface area contributed by atoms with Crippen LogP contribution in [0.15, 0.2) is 72.8 Å². The number of nitrogens with one attached hydrogen (secondary N) is 2. The van der Waals surface area contributed by atoms with E-state index in [2.05, 4.69) is 31.0 Å². The molecule has 5 N–H and O–H groups in total. The third kappa shape index (κ3) is 17.5. The number of halogens is 6. The number of benzene rings is 2. The first-order valence-corrected chi connectivity index (χ1v) is 22.1. The van der Waals surface area contributed by atoms with Gasteiger partial charge in [0.15, 0.2) is 23.0 Å². The van der Waals surface area contributed by atoms with Gasteiger partial charge < -0.3 is 47.3 Å².